The van der Waals surface area contributed by atoms with Crippen molar-refractivity contribution in [2.45, 2.75) is 0 Å². The van der Waals surface area contributed by atoms with Crippen LogP contribution >= 0.6 is 0 Å². The number of hydrogen-bond donors (Lipinski definition) is 0. The zero-order chi connectivity index (χ0) is 0. The molecule has 0 aliphatic carbocycles. The van der Waals surface area contributed by atoms with E-state index in [0.717, 1.165) is 0 Å². The van der Waals surface area contributed by atoms with Crippen LogP contribution in [-0.4, -0.2) is 0 Å². The molecule has 0 aromatic rings. The van der Waals surface area contributed by atoms with E-state index >= 15 is 0 Å². The topological polar surface area (TPSA) is 0 Å². The first-order valence-corrected chi connectivity index (χ1v) is 0. The van der Waals surface area contributed by atoms with Crippen LogP contribution in [0.4, 0.5) is 0 Å². The molecule has 0 fully saturated rings. The molecule has 1 radical (unpaired) electrons. The van der Waals surface area contributed by atoms with Gasteiger partial charge in [-0.1, -0.05) is 0 Å². The predicted molar refractivity (Wildman–Crippen MR) is 0 cm³/mol. The van der Waals surface area contributed by atoms with Crippen LogP contribution in [0.25, 0.3) is 0 Å². The Bertz CT molecular complexity index is 6.00. The van der Waals surface area contributed by atoms with Gasteiger partial charge >= 0.3 is 0 Å². The molecule has 0 bridgehead atoms. The van der Waals surface area contributed by atoms with Gasteiger partial charge in [-0.2, -0.15) is 0 Å². The molecule has 0 spiro atoms. The molecule has 0 aliphatic rings. The Morgan fingerprint density at radius 1 is 0.750 bits per heavy atom. The molecule has 0 aromatic carbocycles. The molecular weight excluding hydrogens is 634 g/mol. The average molecular weight is 634 g/mol. The molecule has 0 aromatic heterocycles. The first-order valence-electron chi connectivity index (χ1n) is 0. The van der Waals surface area contributed by atoms with Crippen molar-refractivity contribution in [1.29, 1.82) is 0 Å². The first-order chi connectivity index (χ1) is 0. The third-order valence-corrected chi connectivity index (χ3v) is 0. The Kier molecular flexibility index (Phi) is 137. The smallest absolute Gasteiger partial charge is 0 e. The molecular formula is CrIrPt2. The van der Waals surface area contributed by atoms with Crippen molar-refractivity contribution in [3.05, 3.63) is 0 Å². The molecule has 0 heterocycles. The van der Waals surface area contributed by atoms with Gasteiger partial charge < -0.3 is 0 Å². The van der Waals surface area contributed by atoms with Gasteiger partial charge in [0.05, 0.1) is 0 Å². The standard InChI is InChI=1S/Cr.Ir.2Pt. The van der Waals surface area contributed by atoms with E-state index in [4.69, 9.17) is 0 Å². The quantitative estimate of drug-likeness (QED) is 0.352. The third-order valence-electron chi connectivity index (χ3n) is 0. The SMILES string of the molecule is [Cr].[Ir].[Pt].[Pt]. The maximum atomic E-state index is 0. The summed E-state index contributed by atoms with van der Waals surface area (Å²) in [6.45, 7) is 0. The van der Waals surface area contributed by atoms with Crippen molar-refractivity contribution in [1.82, 2.24) is 0 Å². The molecule has 4 heavy (non-hydrogen) atoms. The molecule has 0 atom stereocenters. The maximum absolute atomic E-state index is 0. The van der Waals surface area contributed by atoms with Crippen molar-refractivity contribution in [2.24, 2.45) is 0 Å². The molecule has 35 valence electrons. The van der Waals surface area contributed by atoms with Gasteiger partial charge in [0.25, 0.3) is 0 Å². The van der Waals surface area contributed by atoms with Crippen LogP contribution in [0.15, 0.2) is 0 Å². The molecule has 0 saturated carbocycles. The average Bonchev–Trinajstić information content (AvgIpc) is 0. The van der Waals surface area contributed by atoms with E-state index in [1.807, 2.05) is 0 Å². The molecule has 0 rings (SSSR count). The Labute approximate surface area is 78.5 Å². The minimum absolute atomic E-state index is 0. The van der Waals surface area contributed by atoms with Crippen molar-refractivity contribution < 1.29 is 79.6 Å². The first kappa shape index (κ1) is 31.0. The van der Waals surface area contributed by atoms with Gasteiger partial charge in [-0.25, -0.2) is 0 Å². The summed E-state index contributed by atoms with van der Waals surface area (Å²) in [5.74, 6) is 0. The van der Waals surface area contributed by atoms with Gasteiger partial charge in [0.15, 0.2) is 0 Å². The molecule has 4 heteroatoms. The monoisotopic (exact) mass is 635 g/mol. The van der Waals surface area contributed by atoms with Gasteiger partial charge in [0.2, 0.25) is 0 Å². The fourth-order valence-electron chi connectivity index (χ4n) is 0. The van der Waals surface area contributed by atoms with Crippen molar-refractivity contribution in [3.63, 3.8) is 0 Å². The molecule has 0 N–H and O–H groups in total. The molecule has 0 saturated heterocycles. The second-order valence-electron chi connectivity index (χ2n) is 0. The summed E-state index contributed by atoms with van der Waals surface area (Å²) < 4.78 is 0. The minimum atomic E-state index is 0. The number of hydrogen-bond acceptors (Lipinski definition) is 0. The summed E-state index contributed by atoms with van der Waals surface area (Å²) in [6, 6.07) is 0. The van der Waals surface area contributed by atoms with Crippen LogP contribution in [0.5, 0.6) is 0 Å². The zero-order valence-electron chi connectivity index (χ0n) is 1.37. The Morgan fingerprint density at radius 2 is 0.750 bits per heavy atom. The van der Waals surface area contributed by atoms with E-state index in [0.29, 0.717) is 0 Å². The minimum Gasteiger partial charge on any atom is 0 e. The van der Waals surface area contributed by atoms with Crippen LogP contribution in [0.2, 0.25) is 0 Å². The normalized spacial score (nSPS) is 0. The second-order valence-corrected chi connectivity index (χ2v) is 0. The molecule has 0 aliphatic heterocycles. The second kappa shape index (κ2) is 17.6. The van der Waals surface area contributed by atoms with E-state index in [2.05, 4.69) is 0 Å². The van der Waals surface area contributed by atoms with Crippen molar-refractivity contribution in [2.75, 3.05) is 0 Å². The number of rotatable bonds is 0. The van der Waals surface area contributed by atoms with Crippen LogP contribution in [-0.2, 0) is 79.6 Å². The maximum Gasteiger partial charge on any atom is 0 e. The van der Waals surface area contributed by atoms with Gasteiger partial charge in [0, 0.05) is 79.6 Å². The van der Waals surface area contributed by atoms with E-state index in [1.54, 1.807) is 0 Å². The molecule has 0 nitrogen and oxygen atoms in total. The Hall–Kier alpha value is 2.56. The van der Waals surface area contributed by atoms with Crippen molar-refractivity contribution >= 4 is 0 Å². The summed E-state index contributed by atoms with van der Waals surface area (Å²) in [4.78, 5) is 0. The predicted octanol–water partition coefficient (Wildman–Crippen LogP) is -0.0100. The molecule has 0 amide bonds. The summed E-state index contributed by atoms with van der Waals surface area (Å²) in [5, 5.41) is 0. The summed E-state index contributed by atoms with van der Waals surface area (Å²) >= 11 is 0. The van der Waals surface area contributed by atoms with Crippen molar-refractivity contribution in [3.8, 4) is 0 Å². The van der Waals surface area contributed by atoms with Gasteiger partial charge in [-0.05, 0) is 0 Å². The van der Waals surface area contributed by atoms with Crippen LogP contribution in [0, 0.1) is 0 Å². The molecule has 0 unspecified atom stereocenters. The Balaban J connectivity index is 0. The fourth-order valence-corrected chi connectivity index (χ4v) is 0. The van der Waals surface area contributed by atoms with Gasteiger partial charge in [-0.3, -0.25) is 0 Å². The summed E-state index contributed by atoms with van der Waals surface area (Å²) in [7, 11) is 0. The van der Waals surface area contributed by atoms with E-state index in [1.165, 1.54) is 0 Å². The summed E-state index contributed by atoms with van der Waals surface area (Å²) in [5.41, 5.74) is 0. The fraction of sp³-hybridized carbons (Fsp3) is 0. The van der Waals surface area contributed by atoms with Gasteiger partial charge in [-0.15, -0.1) is 0 Å². The van der Waals surface area contributed by atoms with Crippen LogP contribution in [0.1, 0.15) is 0 Å². The van der Waals surface area contributed by atoms with E-state index in [-0.39, 0.29) is 79.6 Å². The van der Waals surface area contributed by atoms with Gasteiger partial charge in [0.1, 0.15) is 0 Å². The third kappa shape index (κ3) is 8.82. The largest absolute Gasteiger partial charge is 0 e. The van der Waals surface area contributed by atoms with E-state index < -0.39 is 0 Å². The van der Waals surface area contributed by atoms with E-state index in [9.17, 15) is 0 Å². The van der Waals surface area contributed by atoms with Crippen LogP contribution in [0.3, 0.4) is 0 Å². The Morgan fingerprint density at radius 3 is 0.750 bits per heavy atom. The summed E-state index contributed by atoms with van der Waals surface area (Å²) in [6.07, 6.45) is 0. The van der Waals surface area contributed by atoms with Crippen LogP contribution < -0.4 is 0 Å². The zero-order valence-corrected chi connectivity index (χ0v) is 9.59.